The van der Waals surface area contributed by atoms with E-state index < -0.39 is 61.6 Å². The third kappa shape index (κ3) is 4.64. The van der Waals surface area contributed by atoms with Crippen LogP contribution in [0.1, 0.15) is 0 Å². The van der Waals surface area contributed by atoms with Gasteiger partial charge in [-0.1, -0.05) is 0 Å². The van der Waals surface area contributed by atoms with Gasteiger partial charge in [0.15, 0.2) is 0 Å². The Morgan fingerprint density at radius 3 is 0.889 bits per heavy atom. The van der Waals surface area contributed by atoms with Crippen molar-refractivity contribution in [3.05, 3.63) is 0 Å². The lowest BCUT2D eigenvalue weighted by molar-refractivity contribution is -0.460. The second kappa shape index (κ2) is 7.35. The molecule has 0 aliphatic rings. The highest BCUT2D eigenvalue weighted by molar-refractivity contribution is 5.03. The second-order valence-electron chi connectivity index (χ2n) is 4.94. The Bertz CT molecular complexity index is 454. The SMILES string of the molecule is FCC(F)(C(F)C(F)(F)F)C(F)(F)OC(F)(F)C(F)(CF)C(F)C(F)(F)F. The van der Waals surface area contributed by atoms with Crippen molar-refractivity contribution < 1.29 is 75.0 Å². The molecule has 27 heavy (non-hydrogen) atoms. The van der Waals surface area contributed by atoms with Gasteiger partial charge in [0.2, 0.25) is 12.3 Å². The van der Waals surface area contributed by atoms with Crippen LogP contribution in [0.5, 0.6) is 0 Å². The third-order valence-electron chi connectivity index (χ3n) is 2.99. The van der Waals surface area contributed by atoms with Crippen molar-refractivity contribution in [2.45, 2.75) is 48.3 Å². The first-order valence-corrected chi connectivity index (χ1v) is 6.01. The molecule has 4 atom stereocenters. The summed E-state index contributed by atoms with van der Waals surface area (Å²) < 4.78 is 204. The fourth-order valence-electron chi connectivity index (χ4n) is 1.44. The predicted molar refractivity (Wildman–Crippen MR) is 52.5 cm³/mol. The maximum absolute atomic E-state index is 13.4. The number of halogens is 16. The van der Waals surface area contributed by atoms with E-state index in [0.29, 0.717) is 0 Å². The minimum Gasteiger partial charge on any atom is -0.250 e. The van der Waals surface area contributed by atoms with E-state index in [1.807, 2.05) is 0 Å². The normalized spacial score (nSPS) is 21.3. The highest BCUT2D eigenvalue weighted by Crippen LogP contribution is 2.51. The number of rotatable bonds is 8. The van der Waals surface area contributed by atoms with Gasteiger partial charge in [0.25, 0.3) is 11.3 Å². The molecule has 0 rings (SSSR count). The Kier molecular flexibility index (Phi) is 7.03. The van der Waals surface area contributed by atoms with E-state index in [4.69, 9.17) is 0 Å². The van der Waals surface area contributed by atoms with Gasteiger partial charge in [0.1, 0.15) is 13.3 Å². The summed E-state index contributed by atoms with van der Waals surface area (Å²) in [5, 5.41) is 0. The first-order valence-electron chi connectivity index (χ1n) is 6.01. The summed E-state index contributed by atoms with van der Waals surface area (Å²) in [6.45, 7) is -7.52. The Morgan fingerprint density at radius 1 is 0.519 bits per heavy atom. The predicted octanol–water partition coefficient (Wildman–Crippen LogP) is 5.35. The summed E-state index contributed by atoms with van der Waals surface area (Å²) in [6, 6.07) is 0. The summed E-state index contributed by atoms with van der Waals surface area (Å²) in [4.78, 5) is 0. The van der Waals surface area contributed by atoms with Crippen molar-refractivity contribution in [2.75, 3.05) is 13.3 Å². The van der Waals surface area contributed by atoms with Crippen LogP contribution >= 0.6 is 0 Å². The van der Waals surface area contributed by atoms with Gasteiger partial charge >= 0.3 is 24.6 Å². The second-order valence-corrected chi connectivity index (χ2v) is 4.94. The van der Waals surface area contributed by atoms with Crippen molar-refractivity contribution in [2.24, 2.45) is 0 Å². The van der Waals surface area contributed by atoms with Gasteiger partial charge in [-0.3, -0.25) is 0 Å². The van der Waals surface area contributed by atoms with Gasteiger partial charge in [0.05, 0.1) is 0 Å². The maximum atomic E-state index is 13.4. The summed E-state index contributed by atoms with van der Waals surface area (Å²) >= 11 is 0. The van der Waals surface area contributed by atoms with Gasteiger partial charge in [-0.05, 0) is 0 Å². The molecule has 0 radical (unpaired) electrons. The van der Waals surface area contributed by atoms with Crippen LogP contribution in [0.3, 0.4) is 0 Å². The smallest absolute Gasteiger partial charge is 0.250 e. The van der Waals surface area contributed by atoms with Crippen LogP contribution in [-0.2, 0) is 4.74 Å². The molecule has 164 valence electrons. The van der Waals surface area contributed by atoms with Crippen molar-refractivity contribution in [3.8, 4) is 0 Å². The molecule has 0 amide bonds. The van der Waals surface area contributed by atoms with Gasteiger partial charge in [-0.2, -0.15) is 43.9 Å². The van der Waals surface area contributed by atoms with Crippen molar-refractivity contribution in [1.82, 2.24) is 0 Å². The molecule has 0 saturated carbocycles. The first kappa shape index (κ1) is 25.8. The summed E-state index contributed by atoms with van der Waals surface area (Å²) in [5.41, 5.74) is -12.7. The van der Waals surface area contributed by atoms with E-state index >= 15 is 0 Å². The zero-order chi connectivity index (χ0) is 22.3. The van der Waals surface area contributed by atoms with Crippen molar-refractivity contribution in [1.29, 1.82) is 0 Å². The molecule has 0 aliphatic carbocycles. The molecule has 0 aromatic heterocycles. The number of alkyl halides is 16. The Labute approximate surface area is 138 Å². The van der Waals surface area contributed by atoms with Crippen LogP contribution in [0.2, 0.25) is 0 Å². The molecule has 0 aromatic carbocycles. The number of hydrogen-bond acceptors (Lipinski definition) is 1. The lowest BCUT2D eigenvalue weighted by atomic mass is 9.97. The molecule has 0 aromatic rings. The zero-order valence-corrected chi connectivity index (χ0v) is 12.0. The largest absolute Gasteiger partial charge is 0.423 e. The van der Waals surface area contributed by atoms with Crippen LogP contribution in [0, 0.1) is 0 Å². The van der Waals surface area contributed by atoms with Crippen molar-refractivity contribution in [3.63, 3.8) is 0 Å². The van der Waals surface area contributed by atoms with Crippen molar-refractivity contribution >= 4 is 0 Å². The summed E-state index contributed by atoms with van der Waals surface area (Å²) in [7, 11) is 0. The maximum Gasteiger partial charge on any atom is 0.423 e. The topological polar surface area (TPSA) is 9.23 Å². The fourth-order valence-corrected chi connectivity index (χ4v) is 1.44. The van der Waals surface area contributed by atoms with Crippen LogP contribution in [0.25, 0.3) is 0 Å². The minimum absolute atomic E-state index is 1.79. The molecular weight excluding hydrogens is 440 g/mol. The van der Waals surface area contributed by atoms with Gasteiger partial charge in [0, 0.05) is 0 Å². The molecule has 17 heteroatoms. The van der Waals surface area contributed by atoms with Gasteiger partial charge in [-0.15, -0.1) is 0 Å². The Morgan fingerprint density at radius 2 is 0.741 bits per heavy atom. The lowest BCUT2D eigenvalue weighted by Crippen LogP contribution is -2.66. The van der Waals surface area contributed by atoms with E-state index in [1.165, 1.54) is 0 Å². The summed E-state index contributed by atoms with van der Waals surface area (Å²) in [6.07, 6.45) is -38.7. The molecule has 0 spiro atoms. The highest BCUT2D eigenvalue weighted by Gasteiger charge is 2.77. The molecular formula is C10H6F16O. The zero-order valence-electron chi connectivity index (χ0n) is 12.0. The lowest BCUT2D eigenvalue weighted by Gasteiger charge is -2.39. The molecule has 0 saturated heterocycles. The molecule has 1 nitrogen and oxygen atoms in total. The van der Waals surface area contributed by atoms with E-state index in [-0.39, 0.29) is 0 Å². The highest BCUT2D eigenvalue weighted by atomic mass is 19.4. The average molecular weight is 446 g/mol. The quantitative estimate of drug-likeness (QED) is 0.458. The Hall–Kier alpha value is -1.16. The third-order valence-corrected chi connectivity index (χ3v) is 2.99. The number of ether oxygens (including phenoxy) is 1. The van der Waals surface area contributed by atoms with Crippen LogP contribution in [-0.4, -0.2) is 61.6 Å². The van der Waals surface area contributed by atoms with Crippen LogP contribution in [0.4, 0.5) is 70.2 Å². The first-order chi connectivity index (χ1) is 11.6. The van der Waals surface area contributed by atoms with E-state index in [0.717, 1.165) is 0 Å². The molecule has 0 heterocycles. The minimum atomic E-state index is -7.04. The molecule has 0 bridgehead atoms. The van der Waals surface area contributed by atoms with Gasteiger partial charge < -0.3 is 0 Å². The van der Waals surface area contributed by atoms with E-state index in [9.17, 15) is 70.2 Å². The molecule has 0 N–H and O–H groups in total. The molecule has 4 unspecified atom stereocenters. The number of hydrogen-bond donors (Lipinski definition) is 0. The summed E-state index contributed by atoms with van der Waals surface area (Å²) in [5.74, 6) is 0. The van der Waals surface area contributed by atoms with E-state index in [2.05, 4.69) is 0 Å². The average Bonchev–Trinajstić information content (AvgIpc) is 2.48. The molecule has 0 fully saturated rings. The van der Waals surface area contributed by atoms with Crippen LogP contribution in [0.15, 0.2) is 0 Å². The van der Waals surface area contributed by atoms with Gasteiger partial charge in [-0.25, -0.2) is 31.1 Å². The fraction of sp³-hybridized carbons (Fsp3) is 1.00. The molecule has 0 aliphatic heterocycles. The monoisotopic (exact) mass is 446 g/mol. The van der Waals surface area contributed by atoms with E-state index in [1.54, 1.807) is 4.74 Å². The Balaban J connectivity index is 6.12. The standard InChI is InChI=1S/C10H6F16O/c11-1-5(15,3(13)7(17,18)19)9(23,24)27-10(25,26)6(16,2-12)4(14)8(20,21)22/h3-4H,1-2H2. The van der Waals surface area contributed by atoms with Crippen LogP contribution < -0.4 is 0 Å².